The molecule has 1 N–H and O–H groups in total. The van der Waals surface area contributed by atoms with Crippen LogP contribution in [-0.2, 0) is 14.3 Å². The highest BCUT2D eigenvalue weighted by molar-refractivity contribution is 8.18. The summed E-state index contributed by atoms with van der Waals surface area (Å²) in [5.41, 5.74) is 0.417. The molecule has 1 aromatic carbocycles. The maximum absolute atomic E-state index is 11.8. The minimum atomic E-state index is -0.640. The number of benzene rings is 1. The van der Waals surface area contributed by atoms with Crippen molar-refractivity contribution in [2.45, 2.75) is 0 Å². The van der Waals surface area contributed by atoms with Crippen molar-refractivity contribution < 1.29 is 19.1 Å². The van der Waals surface area contributed by atoms with Gasteiger partial charge >= 0.3 is 5.97 Å². The third-order valence-electron chi connectivity index (χ3n) is 2.32. The summed E-state index contributed by atoms with van der Waals surface area (Å²) in [6.07, 6.45) is 1.05. The van der Waals surface area contributed by atoms with Crippen LogP contribution >= 0.6 is 11.8 Å². The van der Waals surface area contributed by atoms with Crippen molar-refractivity contribution >= 4 is 34.7 Å². The van der Waals surface area contributed by atoms with E-state index in [9.17, 15) is 14.4 Å². The lowest BCUT2D eigenvalue weighted by atomic mass is 10.2. The van der Waals surface area contributed by atoms with Crippen LogP contribution in [0.4, 0.5) is 0 Å². The average Bonchev–Trinajstić information content (AvgIpc) is 2.79. The van der Waals surface area contributed by atoms with Crippen LogP contribution in [0.1, 0.15) is 10.4 Å². The summed E-state index contributed by atoms with van der Waals surface area (Å²) in [6, 6.07) is 8.47. The molecule has 1 heterocycles. The molecule has 0 aliphatic carbocycles. The number of carbonyl (C=O) groups excluding carboxylic acids is 3. The number of nitrogens with zero attached hydrogens (tertiary/aromatic N) is 1. The first-order chi connectivity index (χ1) is 9.60. The molecule has 0 bridgehead atoms. The van der Waals surface area contributed by atoms with E-state index in [0.717, 1.165) is 17.8 Å². The van der Waals surface area contributed by atoms with Gasteiger partial charge in [0.2, 0.25) is 0 Å². The number of amides is 2. The summed E-state index contributed by atoms with van der Waals surface area (Å²) in [7, 11) is 1.21. The second-order valence-corrected chi connectivity index (χ2v) is 4.71. The van der Waals surface area contributed by atoms with Gasteiger partial charge in [-0.05, 0) is 23.9 Å². The second-order valence-electron chi connectivity index (χ2n) is 3.68. The molecular weight excluding hydrogens is 280 g/mol. The summed E-state index contributed by atoms with van der Waals surface area (Å²) >= 11 is 0.914. The molecule has 6 nitrogen and oxygen atoms in total. The number of nitrogens with one attached hydrogen (secondary N) is 1. The molecule has 2 amide bonds. The Hall–Kier alpha value is -2.41. The predicted octanol–water partition coefficient (Wildman–Crippen LogP) is 1.10. The molecule has 1 aliphatic heterocycles. The number of thioether (sulfide) groups is 1. The standard InChI is InChI=1S/C13H10N2O4S/c1-19-10(16)7-9-12(18)15-13(20-9)14-11(17)8-5-3-2-4-6-8/h2-7H,1H3,(H,14,15,17,18). The van der Waals surface area contributed by atoms with Gasteiger partial charge in [0.25, 0.3) is 11.8 Å². The maximum atomic E-state index is 11.8. The number of hydrogen-bond acceptors (Lipinski definition) is 5. The molecule has 2 rings (SSSR count). The van der Waals surface area contributed by atoms with Crippen molar-refractivity contribution in [3.63, 3.8) is 0 Å². The molecule has 7 heteroatoms. The fourth-order valence-corrected chi connectivity index (χ4v) is 2.16. The molecule has 20 heavy (non-hydrogen) atoms. The third kappa shape index (κ3) is 3.33. The summed E-state index contributed by atoms with van der Waals surface area (Å²) in [5, 5.41) is 2.55. The second kappa shape index (κ2) is 6.16. The van der Waals surface area contributed by atoms with Gasteiger partial charge in [-0.2, -0.15) is 4.99 Å². The highest BCUT2D eigenvalue weighted by atomic mass is 32.2. The Morgan fingerprint density at radius 1 is 1.30 bits per heavy atom. The first-order valence-electron chi connectivity index (χ1n) is 5.57. The van der Waals surface area contributed by atoms with E-state index in [0.29, 0.717) is 5.56 Å². The molecule has 0 radical (unpaired) electrons. The van der Waals surface area contributed by atoms with E-state index >= 15 is 0 Å². The highest BCUT2D eigenvalue weighted by Gasteiger charge is 2.25. The fraction of sp³-hybridized carbons (Fsp3) is 0.0769. The Bertz CT molecular complexity index is 623. The average molecular weight is 290 g/mol. The van der Waals surface area contributed by atoms with Gasteiger partial charge in [-0.25, -0.2) is 4.79 Å². The van der Waals surface area contributed by atoms with Crippen LogP contribution in [-0.4, -0.2) is 30.1 Å². The third-order valence-corrected chi connectivity index (χ3v) is 3.23. The normalized spacial score (nSPS) is 18.1. The Kier molecular flexibility index (Phi) is 4.31. The number of hydrogen-bond donors (Lipinski definition) is 1. The molecule has 0 atom stereocenters. The van der Waals surface area contributed by atoms with Crippen LogP contribution in [0, 0.1) is 0 Å². The van der Waals surface area contributed by atoms with E-state index in [1.54, 1.807) is 30.3 Å². The first kappa shape index (κ1) is 14.0. The largest absolute Gasteiger partial charge is 0.466 e. The van der Waals surface area contributed by atoms with E-state index < -0.39 is 17.8 Å². The Balaban J connectivity index is 2.14. The smallest absolute Gasteiger partial charge is 0.331 e. The Labute approximate surface area is 118 Å². The molecular formula is C13H10N2O4S. The molecule has 1 aliphatic rings. The highest BCUT2D eigenvalue weighted by Crippen LogP contribution is 2.23. The molecule has 1 saturated heterocycles. The van der Waals surface area contributed by atoms with Gasteiger partial charge in [0.05, 0.1) is 12.0 Å². The summed E-state index contributed by atoms with van der Waals surface area (Å²) < 4.78 is 4.43. The SMILES string of the molecule is COC(=O)C=C1SC(=NC(=O)c2ccccc2)NC1=O. The number of carbonyl (C=O) groups is 3. The van der Waals surface area contributed by atoms with E-state index in [2.05, 4.69) is 15.0 Å². The number of ether oxygens (including phenoxy) is 1. The minimum absolute atomic E-state index is 0.136. The summed E-state index contributed by atoms with van der Waals surface area (Å²) in [5.74, 6) is -1.59. The monoisotopic (exact) mass is 290 g/mol. The van der Waals surface area contributed by atoms with Crippen molar-refractivity contribution in [2.75, 3.05) is 7.11 Å². The van der Waals surface area contributed by atoms with Gasteiger partial charge in [0.1, 0.15) is 0 Å². The van der Waals surface area contributed by atoms with E-state index in [-0.39, 0.29) is 10.1 Å². The van der Waals surface area contributed by atoms with Crippen LogP contribution < -0.4 is 5.32 Å². The van der Waals surface area contributed by atoms with Crippen molar-refractivity contribution in [3.8, 4) is 0 Å². The van der Waals surface area contributed by atoms with Gasteiger partial charge in [-0.1, -0.05) is 18.2 Å². The van der Waals surface area contributed by atoms with Crippen molar-refractivity contribution in [1.29, 1.82) is 0 Å². The lowest BCUT2D eigenvalue weighted by molar-refractivity contribution is -0.135. The van der Waals surface area contributed by atoms with Gasteiger partial charge in [0.15, 0.2) is 5.17 Å². The lowest BCUT2D eigenvalue weighted by Gasteiger charge is -1.95. The lowest BCUT2D eigenvalue weighted by Crippen LogP contribution is -2.21. The number of esters is 1. The Morgan fingerprint density at radius 3 is 2.65 bits per heavy atom. The van der Waals surface area contributed by atoms with Crippen molar-refractivity contribution in [2.24, 2.45) is 4.99 Å². The number of methoxy groups -OCH3 is 1. The number of aliphatic imine (C=N–C) groups is 1. The molecule has 0 spiro atoms. The van der Waals surface area contributed by atoms with Gasteiger partial charge in [-0.15, -0.1) is 0 Å². The zero-order valence-electron chi connectivity index (χ0n) is 10.5. The van der Waals surface area contributed by atoms with Crippen LogP contribution in [0.2, 0.25) is 0 Å². The predicted molar refractivity (Wildman–Crippen MR) is 74.0 cm³/mol. The summed E-state index contributed by atoms with van der Waals surface area (Å²) in [6.45, 7) is 0. The number of amidine groups is 1. The maximum Gasteiger partial charge on any atom is 0.331 e. The molecule has 0 saturated carbocycles. The zero-order chi connectivity index (χ0) is 14.5. The van der Waals surface area contributed by atoms with E-state index in [1.807, 2.05) is 0 Å². The van der Waals surface area contributed by atoms with Crippen molar-refractivity contribution in [3.05, 3.63) is 46.9 Å². The van der Waals surface area contributed by atoms with Gasteiger partial charge in [-0.3, -0.25) is 9.59 Å². The van der Waals surface area contributed by atoms with Crippen LogP contribution in [0.15, 0.2) is 46.3 Å². The Morgan fingerprint density at radius 2 is 2.00 bits per heavy atom. The van der Waals surface area contributed by atoms with E-state index in [4.69, 9.17) is 0 Å². The van der Waals surface area contributed by atoms with E-state index in [1.165, 1.54) is 7.11 Å². The van der Waals surface area contributed by atoms with Crippen LogP contribution in [0.25, 0.3) is 0 Å². The van der Waals surface area contributed by atoms with Gasteiger partial charge < -0.3 is 10.1 Å². The zero-order valence-corrected chi connectivity index (χ0v) is 11.3. The topological polar surface area (TPSA) is 84.8 Å². The molecule has 0 unspecified atom stereocenters. The van der Waals surface area contributed by atoms with Gasteiger partial charge in [0, 0.05) is 11.6 Å². The fourth-order valence-electron chi connectivity index (χ4n) is 1.38. The molecule has 102 valence electrons. The first-order valence-corrected chi connectivity index (χ1v) is 6.38. The number of rotatable bonds is 2. The molecule has 1 fully saturated rings. The van der Waals surface area contributed by atoms with Crippen LogP contribution in [0.5, 0.6) is 0 Å². The molecule has 1 aromatic rings. The molecule has 0 aromatic heterocycles. The minimum Gasteiger partial charge on any atom is -0.466 e. The van der Waals surface area contributed by atoms with Crippen LogP contribution in [0.3, 0.4) is 0 Å². The van der Waals surface area contributed by atoms with Crippen molar-refractivity contribution in [1.82, 2.24) is 5.32 Å². The quantitative estimate of drug-likeness (QED) is 0.651. The summed E-state index contributed by atoms with van der Waals surface area (Å²) in [4.78, 5) is 38.4.